The van der Waals surface area contributed by atoms with Crippen LogP contribution in [-0.2, 0) is 31.9 Å². The number of methoxy groups -OCH3 is 2. The highest BCUT2D eigenvalue weighted by Crippen LogP contribution is 2.37. The van der Waals surface area contributed by atoms with Gasteiger partial charge in [-0.3, -0.25) is 19.8 Å². The van der Waals surface area contributed by atoms with Gasteiger partial charge in [0, 0.05) is 41.5 Å². The third-order valence-corrected chi connectivity index (χ3v) is 8.34. The molecule has 3 atom stereocenters. The molecule has 6 rings (SSSR count). The zero-order valence-corrected chi connectivity index (χ0v) is 27.4. The minimum atomic E-state index is -0.170. The number of allylic oxidation sites excluding steroid dienone is 2. The molecule has 46 heavy (non-hydrogen) atoms. The number of hydrogen-bond donors (Lipinski definition) is 2. The predicted octanol–water partition coefficient (Wildman–Crippen LogP) is 4.84. The van der Waals surface area contributed by atoms with Crippen molar-refractivity contribution in [1.29, 1.82) is 0 Å². The fourth-order valence-electron chi connectivity index (χ4n) is 6.14. The SMILES string of the molecule is COC(=O)C1CC=C(c2nc(C)cc(Cc3cc(C)[nH]n3)n2)C1.COC(=O)C1CCC(c2nc(C)cc(Cc3cc(C)[nH]n3)n2)C1. The van der Waals surface area contributed by atoms with Crippen LogP contribution in [0, 0.1) is 39.5 Å². The number of carbonyl (C=O) groups excluding carboxylic acids is 2. The molecule has 12 nitrogen and oxygen atoms in total. The second-order valence-corrected chi connectivity index (χ2v) is 12.2. The Morgan fingerprint density at radius 1 is 0.739 bits per heavy atom. The Morgan fingerprint density at radius 3 is 1.91 bits per heavy atom. The maximum Gasteiger partial charge on any atom is 0.309 e. The molecule has 0 bridgehead atoms. The van der Waals surface area contributed by atoms with Gasteiger partial charge in [-0.05, 0) is 89.6 Å². The molecule has 3 unspecified atom stereocenters. The van der Waals surface area contributed by atoms with Crippen molar-refractivity contribution < 1.29 is 19.1 Å². The van der Waals surface area contributed by atoms with E-state index >= 15 is 0 Å². The second kappa shape index (κ2) is 14.6. The van der Waals surface area contributed by atoms with E-state index in [4.69, 9.17) is 14.5 Å². The summed E-state index contributed by atoms with van der Waals surface area (Å²) in [5.74, 6) is 1.36. The molecule has 0 aliphatic heterocycles. The fraction of sp³-hybridized carbons (Fsp3) is 0.471. The summed E-state index contributed by atoms with van der Waals surface area (Å²) in [4.78, 5) is 41.8. The number of carbonyl (C=O) groups is 2. The van der Waals surface area contributed by atoms with Gasteiger partial charge in [0.25, 0.3) is 0 Å². The van der Waals surface area contributed by atoms with Gasteiger partial charge in [-0.2, -0.15) is 10.2 Å². The van der Waals surface area contributed by atoms with Crippen LogP contribution >= 0.6 is 0 Å². The lowest BCUT2D eigenvalue weighted by Crippen LogP contribution is -2.13. The minimum absolute atomic E-state index is 0.0217. The Bertz CT molecular complexity index is 1710. The molecule has 0 saturated heterocycles. The van der Waals surface area contributed by atoms with Crippen molar-refractivity contribution in [2.24, 2.45) is 11.8 Å². The number of aryl methyl sites for hydroxylation is 4. The van der Waals surface area contributed by atoms with Crippen LogP contribution in [0.1, 0.15) is 95.2 Å². The van der Waals surface area contributed by atoms with Gasteiger partial charge in [0.15, 0.2) is 5.82 Å². The van der Waals surface area contributed by atoms with Gasteiger partial charge in [-0.25, -0.2) is 19.9 Å². The van der Waals surface area contributed by atoms with E-state index < -0.39 is 0 Å². The number of aromatic amines is 2. The zero-order chi connectivity index (χ0) is 32.8. The highest BCUT2D eigenvalue weighted by Gasteiger charge is 2.33. The topological polar surface area (TPSA) is 162 Å². The van der Waals surface area contributed by atoms with E-state index in [1.807, 2.05) is 58.0 Å². The Hall–Kier alpha value is -4.74. The number of esters is 2. The molecule has 0 radical (unpaired) electrons. The van der Waals surface area contributed by atoms with Crippen LogP contribution in [-0.4, -0.2) is 66.5 Å². The summed E-state index contributed by atoms with van der Waals surface area (Å²) in [6.07, 6.45) is 7.27. The molecule has 12 heteroatoms. The number of hydrogen-bond acceptors (Lipinski definition) is 10. The highest BCUT2D eigenvalue weighted by molar-refractivity contribution is 5.78. The number of H-pyrrole nitrogens is 2. The first kappa shape index (κ1) is 32.6. The summed E-state index contributed by atoms with van der Waals surface area (Å²) < 4.78 is 9.68. The van der Waals surface area contributed by atoms with Crippen LogP contribution in [0.15, 0.2) is 30.3 Å². The quantitative estimate of drug-likeness (QED) is 0.259. The van der Waals surface area contributed by atoms with Gasteiger partial charge in [0.2, 0.25) is 0 Å². The summed E-state index contributed by atoms with van der Waals surface area (Å²) in [5, 5.41) is 14.4. The average Bonchev–Trinajstić information content (AvgIpc) is 3.85. The third kappa shape index (κ3) is 8.29. The standard InChI is InChI=1S/C17H22N4O2.C17H20N4O2/c2*1-10-6-14(9-15-7-11(2)20-21-15)19-16(18-10)12-4-5-13(8-12)17(22)23-3/h6-7,12-13H,4-5,8-9H2,1-3H3,(H,20,21);4,6-7,13H,5,8-9H2,1-3H3,(H,20,21). The molecule has 4 aromatic heterocycles. The van der Waals surface area contributed by atoms with Crippen molar-refractivity contribution >= 4 is 17.5 Å². The first-order valence-corrected chi connectivity index (χ1v) is 15.7. The summed E-state index contributed by atoms with van der Waals surface area (Å²) in [6, 6.07) is 8.01. The monoisotopic (exact) mass is 626 g/mol. The van der Waals surface area contributed by atoms with Crippen molar-refractivity contribution in [3.8, 4) is 0 Å². The van der Waals surface area contributed by atoms with E-state index in [0.717, 1.165) is 76.2 Å². The predicted molar refractivity (Wildman–Crippen MR) is 171 cm³/mol. The maximum absolute atomic E-state index is 11.7. The molecule has 0 aromatic carbocycles. The summed E-state index contributed by atoms with van der Waals surface area (Å²) in [5.41, 5.74) is 8.81. The number of ether oxygens (including phenoxy) is 2. The normalized spacial score (nSPS) is 18.9. The van der Waals surface area contributed by atoms with Gasteiger partial charge < -0.3 is 9.47 Å². The number of aromatic nitrogens is 8. The van der Waals surface area contributed by atoms with E-state index in [-0.39, 0.29) is 29.7 Å². The lowest BCUT2D eigenvalue weighted by Gasteiger charge is -2.11. The largest absolute Gasteiger partial charge is 0.469 e. The van der Waals surface area contributed by atoms with Crippen LogP contribution in [0.25, 0.3) is 5.57 Å². The Kier molecular flexibility index (Phi) is 10.3. The van der Waals surface area contributed by atoms with Crippen molar-refractivity contribution in [3.05, 3.63) is 87.5 Å². The molecule has 4 heterocycles. The minimum Gasteiger partial charge on any atom is -0.469 e. The van der Waals surface area contributed by atoms with Crippen molar-refractivity contribution in [2.45, 2.75) is 78.6 Å². The van der Waals surface area contributed by atoms with Crippen molar-refractivity contribution in [3.63, 3.8) is 0 Å². The molecule has 2 N–H and O–H groups in total. The first-order valence-electron chi connectivity index (χ1n) is 15.7. The average molecular weight is 627 g/mol. The van der Waals surface area contributed by atoms with Crippen LogP contribution in [0.4, 0.5) is 0 Å². The van der Waals surface area contributed by atoms with Gasteiger partial charge in [0.1, 0.15) is 5.82 Å². The summed E-state index contributed by atoms with van der Waals surface area (Å²) in [7, 11) is 2.87. The lowest BCUT2D eigenvalue weighted by atomic mass is 10.0. The molecule has 0 spiro atoms. The first-order chi connectivity index (χ1) is 22.1. The van der Waals surface area contributed by atoms with E-state index in [2.05, 4.69) is 35.3 Å². The molecular formula is C34H42N8O4. The van der Waals surface area contributed by atoms with E-state index in [9.17, 15) is 9.59 Å². The van der Waals surface area contributed by atoms with Gasteiger partial charge in [-0.1, -0.05) is 6.08 Å². The van der Waals surface area contributed by atoms with Crippen LogP contribution < -0.4 is 0 Å². The molecule has 2 aliphatic carbocycles. The second-order valence-electron chi connectivity index (χ2n) is 12.2. The lowest BCUT2D eigenvalue weighted by molar-refractivity contribution is -0.145. The molecule has 4 aromatic rings. The fourth-order valence-corrected chi connectivity index (χ4v) is 6.14. The molecule has 2 aliphatic rings. The Labute approximate surface area is 268 Å². The van der Waals surface area contributed by atoms with Gasteiger partial charge in [0.05, 0.1) is 48.8 Å². The van der Waals surface area contributed by atoms with Crippen LogP contribution in [0.3, 0.4) is 0 Å². The molecular weight excluding hydrogens is 584 g/mol. The van der Waals surface area contributed by atoms with E-state index in [1.165, 1.54) is 14.2 Å². The zero-order valence-electron chi connectivity index (χ0n) is 27.4. The smallest absolute Gasteiger partial charge is 0.309 e. The molecule has 1 saturated carbocycles. The van der Waals surface area contributed by atoms with E-state index in [1.54, 1.807) is 0 Å². The van der Waals surface area contributed by atoms with Crippen molar-refractivity contribution in [2.75, 3.05) is 14.2 Å². The Balaban J connectivity index is 0.000000181. The Morgan fingerprint density at radius 2 is 1.33 bits per heavy atom. The molecule has 0 amide bonds. The number of nitrogens with one attached hydrogen (secondary N) is 2. The summed E-state index contributed by atoms with van der Waals surface area (Å²) in [6.45, 7) is 7.90. The number of nitrogens with zero attached hydrogens (tertiary/aromatic N) is 6. The summed E-state index contributed by atoms with van der Waals surface area (Å²) >= 11 is 0. The molecule has 1 fully saturated rings. The third-order valence-electron chi connectivity index (χ3n) is 8.34. The van der Waals surface area contributed by atoms with E-state index in [0.29, 0.717) is 31.5 Å². The van der Waals surface area contributed by atoms with Gasteiger partial charge in [-0.15, -0.1) is 0 Å². The van der Waals surface area contributed by atoms with Crippen molar-refractivity contribution in [1.82, 2.24) is 40.3 Å². The maximum atomic E-state index is 11.7. The van der Waals surface area contributed by atoms with Crippen LogP contribution in [0.2, 0.25) is 0 Å². The van der Waals surface area contributed by atoms with Crippen LogP contribution in [0.5, 0.6) is 0 Å². The van der Waals surface area contributed by atoms with Gasteiger partial charge >= 0.3 is 11.9 Å². The highest BCUT2D eigenvalue weighted by atomic mass is 16.5. The molecule has 242 valence electrons. The number of rotatable bonds is 8.